The van der Waals surface area contributed by atoms with E-state index in [4.69, 9.17) is 0 Å². The molecule has 1 aliphatic rings. The first-order valence-corrected chi connectivity index (χ1v) is 11.0. The average Bonchev–Trinajstić information content (AvgIpc) is 3.12. The maximum absolute atomic E-state index is 12.7. The molecule has 0 bridgehead atoms. The third kappa shape index (κ3) is 4.41. The fourth-order valence-corrected chi connectivity index (χ4v) is 4.73. The number of thioether (sulfide) groups is 1. The zero-order valence-corrected chi connectivity index (χ0v) is 17.9. The molecule has 5 heteroatoms. The molecule has 4 rings (SSSR count). The Labute approximate surface area is 181 Å². The molecule has 1 saturated heterocycles. The van der Waals surface area contributed by atoms with Gasteiger partial charge < -0.3 is 10.2 Å². The molecule has 1 atom stereocenters. The van der Waals surface area contributed by atoms with Crippen molar-refractivity contribution in [2.24, 2.45) is 0 Å². The van der Waals surface area contributed by atoms with Gasteiger partial charge >= 0.3 is 0 Å². The summed E-state index contributed by atoms with van der Waals surface area (Å²) in [7, 11) is 0. The van der Waals surface area contributed by atoms with E-state index < -0.39 is 0 Å². The van der Waals surface area contributed by atoms with Crippen LogP contribution in [0.15, 0.2) is 72.8 Å². The van der Waals surface area contributed by atoms with Crippen molar-refractivity contribution < 1.29 is 9.59 Å². The number of benzene rings is 3. The molecule has 0 unspecified atom stereocenters. The van der Waals surface area contributed by atoms with Gasteiger partial charge in [-0.15, -0.1) is 11.8 Å². The molecule has 30 heavy (non-hydrogen) atoms. The van der Waals surface area contributed by atoms with E-state index in [1.54, 1.807) is 11.8 Å². The quantitative estimate of drug-likeness (QED) is 0.612. The summed E-state index contributed by atoms with van der Waals surface area (Å²) in [5, 5.41) is 2.96. The molecule has 2 amide bonds. The first-order chi connectivity index (χ1) is 14.5. The molecule has 4 nitrogen and oxygen atoms in total. The van der Waals surface area contributed by atoms with Crippen LogP contribution in [0.25, 0.3) is 0 Å². The molecular formula is C25H24N2O2S. The average molecular weight is 417 g/mol. The van der Waals surface area contributed by atoms with E-state index in [2.05, 4.69) is 5.32 Å². The second kappa shape index (κ2) is 8.76. The van der Waals surface area contributed by atoms with Crippen molar-refractivity contribution in [3.63, 3.8) is 0 Å². The minimum Gasteiger partial charge on any atom is -0.322 e. The topological polar surface area (TPSA) is 49.4 Å². The summed E-state index contributed by atoms with van der Waals surface area (Å²) >= 11 is 1.63. The lowest BCUT2D eigenvalue weighted by Gasteiger charge is -2.24. The first-order valence-electron chi connectivity index (χ1n) is 9.95. The van der Waals surface area contributed by atoms with Crippen molar-refractivity contribution in [3.8, 4) is 0 Å². The summed E-state index contributed by atoms with van der Waals surface area (Å²) in [6.45, 7) is 4.58. The third-order valence-corrected chi connectivity index (χ3v) is 6.52. The Kier molecular flexibility index (Phi) is 5.91. The van der Waals surface area contributed by atoms with Crippen LogP contribution in [0.5, 0.6) is 0 Å². The standard InChI is InChI=1S/C25H24N2O2S/c1-17-8-9-18(2)22(14-17)26-24(29)20-10-12-21(13-11-20)25-27(23(28)16-30-25)15-19-6-4-3-5-7-19/h3-14,25H,15-16H2,1-2H3,(H,26,29)/t25-/m1/s1. The van der Waals surface area contributed by atoms with E-state index in [1.807, 2.05) is 91.5 Å². The maximum atomic E-state index is 12.7. The highest BCUT2D eigenvalue weighted by Crippen LogP contribution is 2.39. The van der Waals surface area contributed by atoms with Crippen molar-refractivity contribution in [3.05, 3.63) is 101 Å². The van der Waals surface area contributed by atoms with Crippen molar-refractivity contribution in [2.45, 2.75) is 25.8 Å². The molecule has 1 fully saturated rings. The van der Waals surface area contributed by atoms with Gasteiger partial charge in [-0.1, -0.05) is 54.6 Å². The summed E-state index contributed by atoms with van der Waals surface area (Å²) in [5.74, 6) is 0.490. The van der Waals surface area contributed by atoms with E-state index >= 15 is 0 Å². The molecule has 0 saturated carbocycles. The fourth-order valence-electron chi connectivity index (χ4n) is 3.55. The number of nitrogens with one attached hydrogen (secondary N) is 1. The van der Waals surface area contributed by atoms with Gasteiger partial charge in [0, 0.05) is 17.8 Å². The van der Waals surface area contributed by atoms with E-state index in [-0.39, 0.29) is 17.2 Å². The van der Waals surface area contributed by atoms with Crippen LogP contribution >= 0.6 is 11.8 Å². The van der Waals surface area contributed by atoms with Crippen LogP contribution in [0, 0.1) is 13.8 Å². The molecule has 0 spiro atoms. The normalized spacial score (nSPS) is 16.0. The summed E-state index contributed by atoms with van der Waals surface area (Å²) in [6, 6.07) is 23.6. The largest absolute Gasteiger partial charge is 0.322 e. The maximum Gasteiger partial charge on any atom is 0.255 e. The molecule has 0 aromatic heterocycles. The predicted octanol–water partition coefficient (Wildman–Crippen LogP) is 5.33. The number of rotatable bonds is 5. The minimum absolute atomic E-state index is 0.0335. The first kappa shape index (κ1) is 20.2. The molecular weight excluding hydrogens is 392 g/mol. The summed E-state index contributed by atoms with van der Waals surface area (Å²) < 4.78 is 0. The lowest BCUT2D eigenvalue weighted by molar-refractivity contribution is -0.128. The van der Waals surface area contributed by atoms with E-state index in [1.165, 1.54) is 0 Å². The Morgan fingerprint density at radius 2 is 1.77 bits per heavy atom. The van der Waals surface area contributed by atoms with Gasteiger partial charge in [0.05, 0.1) is 5.75 Å². The van der Waals surface area contributed by atoms with Gasteiger partial charge in [-0.2, -0.15) is 0 Å². The van der Waals surface area contributed by atoms with Crippen LogP contribution in [0.2, 0.25) is 0 Å². The monoisotopic (exact) mass is 416 g/mol. The van der Waals surface area contributed by atoms with Crippen molar-refractivity contribution >= 4 is 29.3 Å². The minimum atomic E-state index is -0.133. The summed E-state index contributed by atoms with van der Waals surface area (Å²) in [5.41, 5.74) is 5.71. The molecule has 1 heterocycles. The SMILES string of the molecule is Cc1ccc(C)c(NC(=O)c2ccc([C@H]3SCC(=O)N3Cc3ccccc3)cc2)c1. The second-order valence-electron chi connectivity index (χ2n) is 7.57. The molecule has 152 valence electrons. The highest BCUT2D eigenvalue weighted by Gasteiger charge is 2.32. The highest BCUT2D eigenvalue weighted by atomic mass is 32.2. The Balaban J connectivity index is 1.49. The van der Waals surface area contributed by atoms with E-state index in [0.717, 1.165) is 27.9 Å². The number of hydrogen-bond donors (Lipinski definition) is 1. The van der Waals surface area contributed by atoms with Crippen molar-refractivity contribution in [1.29, 1.82) is 0 Å². The number of carbonyl (C=O) groups excluding carboxylic acids is 2. The molecule has 0 aliphatic carbocycles. The molecule has 1 N–H and O–H groups in total. The number of amides is 2. The van der Waals surface area contributed by atoms with Crippen LogP contribution in [0.3, 0.4) is 0 Å². The molecule has 3 aromatic carbocycles. The second-order valence-corrected chi connectivity index (χ2v) is 8.63. The van der Waals surface area contributed by atoms with Gasteiger partial charge in [-0.25, -0.2) is 0 Å². The van der Waals surface area contributed by atoms with Crippen LogP contribution < -0.4 is 5.32 Å². The molecule has 1 aliphatic heterocycles. The summed E-state index contributed by atoms with van der Waals surface area (Å²) in [6.07, 6.45) is 0. The van der Waals surface area contributed by atoms with Gasteiger partial charge in [0.25, 0.3) is 5.91 Å². The number of anilines is 1. The van der Waals surface area contributed by atoms with Crippen molar-refractivity contribution in [2.75, 3.05) is 11.1 Å². The molecule has 0 radical (unpaired) electrons. The Bertz CT molecular complexity index is 1060. The van der Waals surface area contributed by atoms with Gasteiger partial charge in [0.2, 0.25) is 5.91 Å². The highest BCUT2D eigenvalue weighted by molar-refractivity contribution is 8.00. The van der Waals surface area contributed by atoms with Crippen LogP contribution in [0.1, 0.15) is 38.0 Å². The van der Waals surface area contributed by atoms with Gasteiger partial charge in [-0.3, -0.25) is 9.59 Å². The number of hydrogen-bond acceptors (Lipinski definition) is 3. The molecule has 3 aromatic rings. The number of aryl methyl sites for hydroxylation is 2. The zero-order chi connectivity index (χ0) is 21.1. The zero-order valence-electron chi connectivity index (χ0n) is 17.1. The summed E-state index contributed by atoms with van der Waals surface area (Å²) in [4.78, 5) is 27.0. The van der Waals surface area contributed by atoms with Crippen molar-refractivity contribution in [1.82, 2.24) is 4.90 Å². The van der Waals surface area contributed by atoms with Crippen LogP contribution in [0.4, 0.5) is 5.69 Å². The van der Waals surface area contributed by atoms with Gasteiger partial charge in [-0.05, 0) is 54.3 Å². The number of carbonyl (C=O) groups is 2. The van der Waals surface area contributed by atoms with Crippen LogP contribution in [-0.2, 0) is 11.3 Å². The third-order valence-electron chi connectivity index (χ3n) is 5.26. The Morgan fingerprint density at radius 1 is 1.03 bits per heavy atom. The predicted molar refractivity (Wildman–Crippen MR) is 123 cm³/mol. The van der Waals surface area contributed by atoms with Gasteiger partial charge in [0.15, 0.2) is 0 Å². The fraction of sp³-hybridized carbons (Fsp3) is 0.200. The van der Waals surface area contributed by atoms with E-state index in [9.17, 15) is 9.59 Å². The van der Waals surface area contributed by atoms with E-state index in [0.29, 0.717) is 17.9 Å². The number of nitrogens with zero attached hydrogens (tertiary/aromatic N) is 1. The lowest BCUT2D eigenvalue weighted by Crippen LogP contribution is -2.27. The lowest BCUT2D eigenvalue weighted by atomic mass is 10.1. The Morgan fingerprint density at radius 3 is 2.50 bits per heavy atom. The Hall–Kier alpha value is -3.05. The van der Waals surface area contributed by atoms with Crippen LogP contribution in [-0.4, -0.2) is 22.5 Å². The smallest absolute Gasteiger partial charge is 0.255 e. The van der Waals surface area contributed by atoms with Gasteiger partial charge in [0.1, 0.15) is 5.37 Å².